The molecule has 0 bridgehead atoms. The van der Waals surface area contributed by atoms with E-state index in [2.05, 4.69) is 4.72 Å². The molecule has 25 heavy (non-hydrogen) atoms. The van der Waals surface area contributed by atoms with E-state index in [1.54, 1.807) is 4.90 Å². The van der Waals surface area contributed by atoms with Crippen LogP contribution in [-0.4, -0.2) is 55.9 Å². The minimum atomic E-state index is -1.17. The van der Waals surface area contributed by atoms with Gasteiger partial charge >= 0.3 is 6.09 Å². The van der Waals surface area contributed by atoms with Crippen molar-refractivity contribution in [3.8, 4) is 0 Å². The molecule has 1 spiro atoms. The highest BCUT2D eigenvalue weighted by Gasteiger charge is 2.50. The maximum Gasteiger partial charge on any atom is 0.410 e. The van der Waals surface area contributed by atoms with Crippen LogP contribution in [0.1, 0.15) is 67.2 Å². The van der Waals surface area contributed by atoms with Crippen molar-refractivity contribution in [1.82, 2.24) is 9.62 Å². The van der Waals surface area contributed by atoms with E-state index in [-0.39, 0.29) is 28.4 Å². The highest BCUT2D eigenvalue weighted by Crippen LogP contribution is 2.47. The molecule has 6 nitrogen and oxygen atoms in total. The van der Waals surface area contributed by atoms with Gasteiger partial charge in [0.25, 0.3) is 0 Å². The lowest BCUT2D eigenvalue weighted by atomic mass is 9.74. The fourth-order valence-electron chi connectivity index (χ4n) is 3.71. The Morgan fingerprint density at radius 3 is 2.24 bits per heavy atom. The maximum absolute atomic E-state index is 12.5. The maximum atomic E-state index is 12.5. The molecule has 0 aromatic rings. The summed E-state index contributed by atoms with van der Waals surface area (Å²) in [6.45, 7) is 12.7. The van der Waals surface area contributed by atoms with Gasteiger partial charge in [0.2, 0.25) is 0 Å². The Labute approximate surface area is 154 Å². The summed E-state index contributed by atoms with van der Waals surface area (Å²) in [6.07, 6.45) is 2.26. The second-order valence-electron chi connectivity index (χ2n) is 9.47. The molecule has 1 aliphatic heterocycles. The quantitative estimate of drug-likeness (QED) is 0.779. The molecule has 0 aromatic heterocycles. The first-order chi connectivity index (χ1) is 11.3. The van der Waals surface area contributed by atoms with Crippen LogP contribution in [0.5, 0.6) is 0 Å². The van der Waals surface area contributed by atoms with E-state index in [9.17, 15) is 14.1 Å². The van der Waals surface area contributed by atoms with E-state index < -0.39 is 16.6 Å². The van der Waals surface area contributed by atoms with Crippen molar-refractivity contribution < 1.29 is 18.8 Å². The fourth-order valence-corrected chi connectivity index (χ4v) is 4.67. The molecular weight excluding hydrogens is 340 g/mol. The van der Waals surface area contributed by atoms with Gasteiger partial charge in [0.05, 0.1) is 21.8 Å². The third-order valence-electron chi connectivity index (χ3n) is 5.11. The summed E-state index contributed by atoms with van der Waals surface area (Å²) in [6, 6.07) is 0.0170. The first-order valence-electron chi connectivity index (χ1n) is 9.16. The normalized spacial score (nSPS) is 28.2. The predicted molar refractivity (Wildman–Crippen MR) is 99.5 cm³/mol. The Balaban J connectivity index is 2.01. The van der Waals surface area contributed by atoms with Gasteiger partial charge in [0.15, 0.2) is 0 Å². The van der Waals surface area contributed by atoms with Crippen molar-refractivity contribution in [1.29, 1.82) is 0 Å². The van der Waals surface area contributed by atoms with Crippen molar-refractivity contribution in [2.75, 3.05) is 13.1 Å². The minimum absolute atomic E-state index is 0.0170. The first kappa shape index (κ1) is 20.6. The summed E-state index contributed by atoms with van der Waals surface area (Å²) in [7, 11) is -1.17. The van der Waals surface area contributed by atoms with Gasteiger partial charge in [-0.3, -0.25) is 0 Å². The third kappa shape index (κ3) is 5.17. The van der Waals surface area contributed by atoms with Crippen LogP contribution in [0.4, 0.5) is 4.79 Å². The zero-order valence-corrected chi connectivity index (χ0v) is 17.2. The molecular formula is C18H34N2O4S. The van der Waals surface area contributed by atoms with Crippen LogP contribution >= 0.6 is 0 Å². The SMILES string of the molecule is CC(C)(C)OC(=O)N1CCC2(CC1)CC(O)CC2NS(=O)C(C)(C)C. The smallest absolute Gasteiger partial charge is 0.410 e. The number of ether oxygens (including phenoxy) is 1. The molecule has 2 fully saturated rings. The summed E-state index contributed by atoms with van der Waals surface area (Å²) in [4.78, 5) is 14.0. The summed E-state index contributed by atoms with van der Waals surface area (Å²) in [5.41, 5.74) is -0.595. The highest BCUT2D eigenvalue weighted by molar-refractivity contribution is 7.84. The molecule has 2 aliphatic rings. The molecule has 1 heterocycles. The van der Waals surface area contributed by atoms with Crippen molar-refractivity contribution >= 4 is 17.1 Å². The molecule has 2 rings (SSSR count). The first-order valence-corrected chi connectivity index (χ1v) is 10.3. The lowest BCUT2D eigenvalue weighted by Crippen LogP contribution is -2.52. The summed E-state index contributed by atoms with van der Waals surface area (Å²) >= 11 is 0. The van der Waals surface area contributed by atoms with E-state index >= 15 is 0 Å². The van der Waals surface area contributed by atoms with Crippen molar-refractivity contribution in [3.63, 3.8) is 0 Å². The van der Waals surface area contributed by atoms with Crippen LogP contribution in [0.3, 0.4) is 0 Å². The molecule has 1 saturated heterocycles. The van der Waals surface area contributed by atoms with Crippen LogP contribution in [0, 0.1) is 5.41 Å². The Kier molecular flexibility index (Phi) is 5.91. The van der Waals surface area contributed by atoms with Crippen molar-refractivity contribution in [2.45, 2.75) is 89.7 Å². The number of nitrogens with one attached hydrogen (secondary N) is 1. The van der Waals surface area contributed by atoms with E-state index in [1.807, 2.05) is 41.5 Å². The highest BCUT2D eigenvalue weighted by atomic mass is 32.2. The van der Waals surface area contributed by atoms with Crippen molar-refractivity contribution in [3.05, 3.63) is 0 Å². The monoisotopic (exact) mass is 374 g/mol. The van der Waals surface area contributed by atoms with Crippen LogP contribution in [-0.2, 0) is 15.7 Å². The molecule has 1 saturated carbocycles. The van der Waals surface area contributed by atoms with E-state index in [1.165, 1.54) is 0 Å². The van der Waals surface area contributed by atoms with Crippen LogP contribution in [0.25, 0.3) is 0 Å². The van der Waals surface area contributed by atoms with Gasteiger partial charge in [-0.15, -0.1) is 0 Å². The van der Waals surface area contributed by atoms with Gasteiger partial charge in [-0.25, -0.2) is 13.7 Å². The number of aliphatic hydroxyl groups is 1. The van der Waals surface area contributed by atoms with Crippen molar-refractivity contribution in [2.24, 2.45) is 5.41 Å². The second-order valence-corrected chi connectivity index (χ2v) is 11.5. The third-order valence-corrected chi connectivity index (χ3v) is 6.72. The summed E-state index contributed by atoms with van der Waals surface area (Å²) in [5.74, 6) is 0. The molecule has 0 radical (unpaired) electrons. The molecule has 1 amide bonds. The number of aliphatic hydroxyl groups excluding tert-OH is 1. The number of nitrogens with zero attached hydrogens (tertiary/aromatic N) is 1. The number of piperidine rings is 1. The zero-order valence-electron chi connectivity index (χ0n) is 16.4. The summed E-state index contributed by atoms with van der Waals surface area (Å²) < 4.78 is 20.9. The average Bonchev–Trinajstić information content (AvgIpc) is 2.72. The number of carbonyl (C=O) groups excluding carboxylic acids is 1. The number of hydrogen-bond acceptors (Lipinski definition) is 4. The zero-order chi connectivity index (χ0) is 19.0. The van der Waals surface area contributed by atoms with Crippen LogP contribution in [0.2, 0.25) is 0 Å². The van der Waals surface area contributed by atoms with Gasteiger partial charge in [-0.05, 0) is 72.6 Å². The lowest BCUT2D eigenvalue weighted by Gasteiger charge is -2.43. The molecule has 146 valence electrons. The Hall–Kier alpha value is -0.660. The molecule has 7 heteroatoms. The summed E-state index contributed by atoms with van der Waals surface area (Å²) in [5, 5.41) is 10.2. The standard InChI is InChI=1S/C18H34N2O4S/c1-16(2,3)24-15(22)20-9-7-18(8-10-20)12-13(21)11-14(18)19-25(23)17(4,5)6/h13-14,19,21H,7-12H2,1-6H3. The van der Waals surface area contributed by atoms with Crippen LogP contribution < -0.4 is 4.72 Å². The van der Waals surface area contributed by atoms with E-state index in [4.69, 9.17) is 4.74 Å². The number of carbonyl (C=O) groups is 1. The number of hydrogen-bond donors (Lipinski definition) is 2. The second kappa shape index (κ2) is 7.16. The van der Waals surface area contributed by atoms with Crippen LogP contribution in [0.15, 0.2) is 0 Å². The van der Waals surface area contributed by atoms with Gasteiger partial charge in [-0.1, -0.05) is 0 Å². The number of amides is 1. The molecule has 3 atom stereocenters. The van der Waals surface area contributed by atoms with E-state index in [0.717, 1.165) is 12.8 Å². The topological polar surface area (TPSA) is 78.9 Å². The van der Waals surface area contributed by atoms with Gasteiger partial charge in [0, 0.05) is 19.1 Å². The average molecular weight is 375 g/mol. The van der Waals surface area contributed by atoms with Gasteiger partial charge < -0.3 is 14.7 Å². The van der Waals surface area contributed by atoms with E-state index in [0.29, 0.717) is 25.9 Å². The molecule has 2 N–H and O–H groups in total. The minimum Gasteiger partial charge on any atom is -0.444 e. The van der Waals surface area contributed by atoms with Gasteiger partial charge in [0.1, 0.15) is 5.60 Å². The lowest BCUT2D eigenvalue weighted by molar-refractivity contribution is 0.00692. The fraction of sp³-hybridized carbons (Fsp3) is 0.944. The Bertz CT molecular complexity index is 516. The largest absolute Gasteiger partial charge is 0.444 e. The molecule has 1 aliphatic carbocycles. The number of rotatable bonds is 2. The Morgan fingerprint density at radius 1 is 1.20 bits per heavy atom. The predicted octanol–water partition coefficient (Wildman–Crippen LogP) is 2.58. The molecule has 3 unspecified atom stereocenters. The molecule has 0 aromatic carbocycles. The number of likely N-dealkylation sites (tertiary alicyclic amines) is 1. The Morgan fingerprint density at radius 2 is 1.76 bits per heavy atom. The van der Waals surface area contributed by atoms with Gasteiger partial charge in [-0.2, -0.15) is 0 Å².